The van der Waals surface area contributed by atoms with E-state index in [1.165, 1.54) is 6.07 Å². The van der Waals surface area contributed by atoms with Gasteiger partial charge in [0.05, 0.1) is 12.6 Å². The van der Waals surface area contributed by atoms with Crippen LogP contribution < -0.4 is 26.0 Å². The molecule has 6 unspecified atom stereocenters. The molecule has 2 saturated carbocycles. The number of ether oxygens (including phenoxy) is 2. The van der Waals surface area contributed by atoms with Crippen molar-refractivity contribution in [1.29, 1.82) is 0 Å². The highest BCUT2D eigenvalue weighted by Crippen LogP contribution is 2.64. The Balaban J connectivity index is 0.749. The quantitative estimate of drug-likeness (QED) is 0.0337. The van der Waals surface area contributed by atoms with Crippen molar-refractivity contribution in [3.8, 4) is 11.5 Å². The number of phenols is 1. The molecular weight excluding hydrogens is 791 g/mol. The second-order valence-electron chi connectivity index (χ2n) is 17.7. The molecule has 1 saturated heterocycles. The minimum atomic E-state index is -1.94. The molecule has 14 nitrogen and oxygen atoms in total. The molecule has 3 fully saturated rings. The van der Waals surface area contributed by atoms with Crippen molar-refractivity contribution in [1.82, 2.24) is 15.5 Å². The maximum absolute atomic E-state index is 13.8. The van der Waals surface area contributed by atoms with E-state index in [0.717, 1.165) is 18.4 Å². The van der Waals surface area contributed by atoms with E-state index in [1.807, 2.05) is 50.2 Å². The summed E-state index contributed by atoms with van der Waals surface area (Å²) < 4.78 is 11.6. The van der Waals surface area contributed by atoms with Gasteiger partial charge in [-0.05, 0) is 92.8 Å². The number of hydrogen-bond donors (Lipinski definition) is 7. The first-order valence-electron chi connectivity index (χ1n) is 21.4. The summed E-state index contributed by atoms with van der Waals surface area (Å²) in [7, 11) is 0. The SMILES string of the molecule is CC(C)(Cc1ccc(NC(=O)CCCNC(=O)CN2C3CC(OC(=O)C(O)(c4ccccc4)c4ccccc4)CC4CCC432)cc1)NCC(O)c1ccc(O)c2c1OCC(=O)N2. The van der Waals surface area contributed by atoms with Crippen LogP contribution in [0.3, 0.4) is 0 Å². The fraction of sp³-hybridized carbons (Fsp3) is 0.417. The number of rotatable bonds is 17. The zero-order valence-electron chi connectivity index (χ0n) is 35.1. The maximum atomic E-state index is 13.8. The molecule has 0 bridgehead atoms. The Morgan fingerprint density at radius 2 is 1.65 bits per heavy atom. The second-order valence-corrected chi connectivity index (χ2v) is 17.7. The van der Waals surface area contributed by atoms with Crippen LogP contribution in [0.1, 0.15) is 80.7 Å². The lowest BCUT2D eigenvalue weighted by Crippen LogP contribution is -2.48. The molecule has 2 aliphatic heterocycles. The van der Waals surface area contributed by atoms with E-state index < -0.39 is 23.2 Å². The third-order valence-electron chi connectivity index (χ3n) is 13.0. The lowest BCUT2D eigenvalue weighted by molar-refractivity contribution is -0.170. The topological polar surface area (TPSA) is 199 Å². The van der Waals surface area contributed by atoms with E-state index in [4.69, 9.17) is 9.47 Å². The van der Waals surface area contributed by atoms with Gasteiger partial charge in [-0.1, -0.05) is 72.8 Å². The Kier molecular flexibility index (Phi) is 12.1. The molecule has 1 spiro atoms. The van der Waals surface area contributed by atoms with Crippen LogP contribution in [-0.4, -0.2) is 93.4 Å². The number of amides is 3. The van der Waals surface area contributed by atoms with Crippen LogP contribution in [0.4, 0.5) is 11.4 Å². The fourth-order valence-electron chi connectivity index (χ4n) is 9.72. The smallest absolute Gasteiger partial charge is 0.347 e. The largest absolute Gasteiger partial charge is 0.506 e. The number of anilines is 2. The first-order chi connectivity index (χ1) is 29.8. The third kappa shape index (κ3) is 8.78. The highest BCUT2D eigenvalue weighted by molar-refractivity contribution is 5.97. The van der Waals surface area contributed by atoms with Gasteiger partial charge in [-0.25, -0.2) is 4.79 Å². The summed E-state index contributed by atoms with van der Waals surface area (Å²) in [5.41, 5.74) is 0.833. The van der Waals surface area contributed by atoms with Crippen molar-refractivity contribution in [3.05, 3.63) is 119 Å². The number of hydrogen-bond acceptors (Lipinski definition) is 11. The number of phenolic OH excluding ortho intramolecular Hbond substituents is 1. The van der Waals surface area contributed by atoms with Crippen LogP contribution in [0.5, 0.6) is 11.5 Å². The molecule has 2 heterocycles. The van der Waals surface area contributed by atoms with Crippen LogP contribution in [-0.2, 0) is 35.9 Å². The van der Waals surface area contributed by atoms with Crippen LogP contribution in [0.25, 0.3) is 0 Å². The van der Waals surface area contributed by atoms with Crippen molar-refractivity contribution >= 4 is 35.1 Å². The number of nitrogens with one attached hydrogen (secondary N) is 4. The van der Waals surface area contributed by atoms with Gasteiger partial charge in [0.1, 0.15) is 17.5 Å². The van der Waals surface area contributed by atoms with Gasteiger partial charge in [0, 0.05) is 54.3 Å². The molecule has 2 aliphatic carbocycles. The maximum Gasteiger partial charge on any atom is 0.347 e. The van der Waals surface area contributed by atoms with Crippen molar-refractivity contribution < 1.29 is 44.0 Å². The lowest BCUT2D eigenvalue weighted by Gasteiger charge is -2.43. The number of fused-ring (bicyclic) bond motifs is 1. The number of carbonyl (C=O) groups excluding carboxylic acids is 4. The number of aliphatic hydroxyl groups is 2. The molecule has 4 aromatic carbocycles. The van der Waals surface area contributed by atoms with E-state index >= 15 is 0 Å². The lowest BCUT2D eigenvalue weighted by atomic mass is 9.64. The second kappa shape index (κ2) is 17.5. The van der Waals surface area contributed by atoms with Gasteiger partial charge in [0.2, 0.25) is 17.4 Å². The predicted octanol–water partition coefficient (Wildman–Crippen LogP) is 4.68. The Morgan fingerprint density at radius 1 is 0.952 bits per heavy atom. The Morgan fingerprint density at radius 3 is 2.31 bits per heavy atom. The molecule has 3 amide bonds. The van der Waals surface area contributed by atoms with Crippen LogP contribution >= 0.6 is 0 Å². The standard InChI is InChI=1S/C48H55N5O9/c1-46(2,50-27-38(55)36-19-20-37(54)43-44(36)61-29-42(58)52-43)26-30-15-17-34(18-16-30)51-40(56)14-9-23-49-41(57)28-53-39-25-35(24-33-21-22-47(33,39)53)62-45(59)48(60,31-10-5-3-6-11-31)32-12-7-4-8-13-32/h3-8,10-13,15-20,33,35,38-39,50,54-55,60H,9,14,21-29H2,1-2H3,(H,49,57)(H,51,56)(H,52,58). The van der Waals surface area contributed by atoms with Gasteiger partial charge in [-0.15, -0.1) is 0 Å². The van der Waals surface area contributed by atoms with Crippen molar-refractivity contribution in [2.45, 2.75) is 93.7 Å². The molecule has 14 heteroatoms. The Labute approximate surface area is 361 Å². The number of esters is 1. The van der Waals surface area contributed by atoms with Gasteiger partial charge < -0.3 is 46.1 Å². The summed E-state index contributed by atoms with van der Waals surface area (Å²) in [4.78, 5) is 53.6. The van der Waals surface area contributed by atoms with E-state index in [2.05, 4.69) is 26.2 Å². The van der Waals surface area contributed by atoms with E-state index in [9.17, 15) is 34.5 Å². The number of likely N-dealkylation sites (tertiary alicyclic amines) is 1. The summed E-state index contributed by atoms with van der Waals surface area (Å²) in [6.07, 6.45) is 3.37. The van der Waals surface area contributed by atoms with Gasteiger partial charge >= 0.3 is 5.97 Å². The van der Waals surface area contributed by atoms with Gasteiger partial charge in [0.25, 0.3) is 5.91 Å². The fourth-order valence-corrected chi connectivity index (χ4v) is 9.72. The minimum absolute atomic E-state index is 0.0216. The Hall–Kier alpha value is -5.80. The zero-order chi connectivity index (χ0) is 43.6. The first kappa shape index (κ1) is 42.9. The predicted molar refractivity (Wildman–Crippen MR) is 231 cm³/mol. The molecule has 326 valence electrons. The van der Waals surface area contributed by atoms with Gasteiger partial charge in [0.15, 0.2) is 12.4 Å². The summed E-state index contributed by atoms with van der Waals surface area (Å²) in [6.45, 7) is 4.66. The summed E-state index contributed by atoms with van der Waals surface area (Å²) in [6, 6.07) is 28.5. The average Bonchev–Trinajstić information content (AvgIpc) is 3.92. The Bertz CT molecular complexity index is 2250. The highest BCUT2D eigenvalue weighted by Gasteiger charge is 2.73. The third-order valence-corrected chi connectivity index (χ3v) is 13.0. The highest BCUT2D eigenvalue weighted by atomic mass is 16.6. The number of β-amino-alcohol motifs (C(OH)–C–C–N with tert-alkyl or cyclic N) is 1. The van der Waals surface area contributed by atoms with Crippen molar-refractivity contribution in [2.75, 3.05) is 36.9 Å². The van der Waals surface area contributed by atoms with Crippen molar-refractivity contribution in [2.24, 2.45) is 5.92 Å². The van der Waals surface area contributed by atoms with E-state index in [0.29, 0.717) is 60.5 Å². The monoisotopic (exact) mass is 845 g/mol. The zero-order valence-corrected chi connectivity index (χ0v) is 35.1. The number of nitrogens with zero attached hydrogens (tertiary/aromatic N) is 1. The number of carbonyl (C=O) groups is 4. The van der Waals surface area contributed by atoms with Crippen LogP contribution in [0, 0.1) is 5.92 Å². The van der Waals surface area contributed by atoms with Crippen molar-refractivity contribution in [3.63, 3.8) is 0 Å². The average molecular weight is 846 g/mol. The van der Waals surface area contributed by atoms with Crippen LogP contribution in [0.2, 0.25) is 0 Å². The number of aliphatic hydroxyl groups excluding tert-OH is 1. The molecule has 8 rings (SSSR count). The molecule has 4 aliphatic rings. The number of benzene rings is 4. The molecule has 6 atom stereocenters. The molecule has 4 aromatic rings. The molecule has 62 heavy (non-hydrogen) atoms. The van der Waals surface area contributed by atoms with Gasteiger partial charge in [-0.2, -0.15) is 0 Å². The molecular formula is C48H55N5O9. The molecule has 0 radical (unpaired) electrons. The summed E-state index contributed by atoms with van der Waals surface area (Å²) in [5, 5.41) is 44.9. The van der Waals surface area contributed by atoms with E-state index in [-0.39, 0.29) is 78.7 Å². The van der Waals surface area contributed by atoms with Crippen LogP contribution in [0.15, 0.2) is 97.1 Å². The summed E-state index contributed by atoms with van der Waals surface area (Å²) in [5.74, 6) is -0.870. The normalized spacial score (nSPS) is 22.9. The molecule has 7 N–H and O–H groups in total. The first-order valence-corrected chi connectivity index (χ1v) is 21.4. The van der Waals surface area contributed by atoms with Gasteiger partial charge in [-0.3, -0.25) is 19.3 Å². The number of aromatic hydroxyl groups is 1. The molecule has 0 aromatic heterocycles. The van der Waals surface area contributed by atoms with E-state index in [1.54, 1.807) is 54.6 Å². The summed E-state index contributed by atoms with van der Waals surface area (Å²) >= 11 is 0. The minimum Gasteiger partial charge on any atom is -0.506 e.